The van der Waals surface area contributed by atoms with Crippen LogP contribution in [0.25, 0.3) is 0 Å². The first-order valence-electron chi connectivity index (χ1n) is 4.17. The van der Waals surface area contributed by atoms with Gasteiger partial charge >= 0.3 is 5.97 Å². The second kappa shape index (κ2) is 3.22. The van der Waals surface area contributed by atoms with Gasteiger partial charge in [-0.15, -0.1) is 0 Å². The molecule has 0 N–H and O–H groups in total. The smallest absolute Gasteiger partial charge is 0.339 e. The van der Waals surface area contributed by atoms with Crippen molar-refractivity contribution in [1.29, 1.82) is 0 Å². The van der Waals surface area contributed by atoms with Gasteiger partial charge in [-0.05, 0) is 6.07 Å². The van der Waals surface area contributed by atoms with E-state index in [4.69, 9.17) is 4.74 Å². The van der Waals surface area contributed by atoms with Gasteiger partial charge in [0, 0.05) is 12.7 Å². The standard InChI is InChI=1S/C9H11NO3/c1-12-9(11)7-2-3-10-4-5-13-6-8(7)10/h2-3H,4-6H2,1H3. The third-order valence-corrected chi connectivity index (χ3v) is 2.20. The quantitative estimate of drug-likeness (QED) is 0.602. The first-order chi connectivity index (χ1) is 6.33. The predicted octanol–water partition coefficient (Wildman–Crippen LogP) is 0.805. The highest BCUT2D eigenvalue weighted by Gasteiger charge is 2.18. The Labute approximate surface area is 76.1 Å². The molecule has 1 aromatic heterocycles. The molecule has 0 spiro atoms. The normalized spacial score (nSPS) is 15.2. The minimum atomic E-state index is -0.292. The first kappa shape index (κ1) is 8.31. The van der Waals surface area contributed by atoms with E-state index in [9.17, 15) is 4.79 Å². The largest absolute Gasteiger partial charge is 0.465 e. The van der Waals surface area contributed by atoms with Crippen LogP contribution in [0.5, 0.6) is 0 Å². The second-order valence-corrected chi connectivity index (χ2v) is 2.91. The maximum atomic E-state index is 11.3. The van der Waals surface area contributed by atoms with Crippen molar-refractivity contribution in [3.8, 4) is 0 Å². The third-order valence-electron chi connectivity index (χ3n) is 2.20. The Morgan fingerprint density at radius 3 is 3.31 bits per heavy atom. The molecule has 0 saturated carbocycles. The highest BCUT2D eigenvalue weighted by Crippen LogP contribution is 2.16. The molecule has 0 aromatic carbocycles. The average Bonchev–Trinajstić information content (AvgIpc) is 2.60. The molecule has 0 bridgehead atoms. The summed E-state index contributed by atoms with van der Waals surface area (Å²) in [5.41, 5.74) is 1.53. The number of methoxy groups -OCH3 is 1. The molecule has 0 aliphatic carbocycles. The molecule has 0 saturated heterocycles. The SMILES string of the molecule is COC(=O)c1ccn2c1COCC2. The lowest BCUT2D eigenvalue weighted by Gasteiger charge is -2.16. The molecular formula is C9H11NO3. The molecule has 1 aromatic rings. The van der Waals surface area contributed by atoms with Crippen LogP contribution in [0.15, 0.2) is 12.3 Å². The topological polar surface area (TPSA) is 40.5 Å². The summed E-state index contributed by atoms with van der Waals surface area (Å²) in [7, 11) is 1.38. The molecule has 0 amide bonds. The summed E-state index contributed by atoms with van der Waals surface area (Å²) in [6.07, 6.45) is 1.89. The van der Waals surface area contributed by atoms with Crippen molar-refractivity contribution in [1.82, 2.24) is 4.57 Å². The van der Waals surface area contributed by atoms with Crippen molar-refractivity contribution >= 4 is 5.97 Å². The fourth-order valence-corrected chi connectivity index (χ4v) is 1.50. The monoisotopic (exact) mass is 181 g/mol. The minimum absolute atomic E-state index is 0.292. The Bertz CT molecular complexity index is 330. The zero-order valence-electron chi connectivity index (χ0n) is 7.45. The molecule has 4 nitrogen and oxygen atoms in total. The lowest BCUT2D eigenvalue weighted by Crippen LogP contribution is -2.17. The van der Waals surface area contributed by atoms with Crippen molar-refractivity contribution in [3.63, 3.8) is 0 Å². The van der Waals surface area contributed by atoms with Crippen molar-refractivity contribution in [2.24, 2.45) is 0 Å². The van der Waals surface area contributed by atoms with Crippen molar-refractivity contribution in [2.75, 3.05) is 13.7 Å². The molecule has 2 rings (SSSR count). The summed E-state index contributed by atoms with van der Waals surface area (Å²) in [6, 6.07) is 1.77. The highest BCUT2D eigenvalue weighted by molar-refractivity contribution is 5.90. The lowest BCUT2D eigenvalue weighted by atomic mass is 10.2. The summed E-state index contributed by atoms with van der Waals surface area (Å²) in [5.74, 6) is -0.292. The average molecular weight is 181 g/mol. The molecule has 0 atom stereocenters. The number of ether oxygens (including phenoxy) is 2. The summed E-state index contributed by atoms with van der Waals surface area (Å²) in [4.78, 5) is 11.3. The Morgan fingerprint density at radius 2 is 2.54 bits per heavy atom. The van der Waals surface area contributed by atoms with Gasteiger partial charge in [0.1, 0.15) is 0 Å². The number of hydrogen-bond donors (Lipinski definition) is 0. The van der Waals surface area contributed by atoms with Gasteiger partial charge in [-0.1, -0.05) is 0 Å². The van der Waals surface area contributed by atoms with Crippen LogP contribution in [-0.4, -0.2) is 24.3 Å². The van der Waals surface area contributed by atoms with Crippen LogP contribution in [0.4, 0.5) is 0 Å². The van der Waals surface area contributed by atoms with Gasteiger partial charge < -0.3 is 14.0 Å². The molecule has 1 aliphatic rings. The predicted molar refractivity (Wildman–Crippen MR) is 45.4 cm³/mol. The molecule has 0 radical (unpaired) electrons. The number of carbonyl (C=O) groups excluding carboxylic acids is 1. The second-order valence-electron chi connectivity index (χ2n) is 2.91. The van der Waals surface area contributed by atoms with E-state index in [1.807, 2.05) is 10.8 Å². The number of carbonyl (C=O) groups is 1. The Hall–Kier alpha value is -1.29. The van der Waals surface area contributed by atoms with Crippen LogP contribution in [0.1, 0.15) is 16.1 Å². The van der Waals surface area contributed by atoms with Crippen LogP contribution < -0.4 is 0 Å². The fraction of sp³-hybridized carbons (Fsp3) is 0.444. The van der Waals surface area contributed by atoms with E-state index >= 15 is 0 Å². The first-order valence-corrected chi connectivity index (χ1v) is 4.17. The van der Waals surface area contributed by atoms with Crippen LogP contribution in [0, 0.1) is 0 Å². The minimum Gasteiger partial charge on any atom is -0.465 e. The van der Waals surface area contributed by atoms with Crippen LogP contribution >= 0.6 is 0 Å². The van der Waals surface area contributed by atoms with E-state index in [-0.39, 0.29) is 5.97 Å². The van der Waals surface area contributed by atoms with E-state index in [1.165, 1.54) is 7.11 Å². The lowest BCUT2D eigenvalue weighted by molar-refractivity contribution is 0.0575. The zero-order valence-corrected chi connectivity index (χ0v) is 7.45. The van der Waals surface area contributed by atoms with Gasteiger partial charge in [-0.2, -0.15) is 0 Å². The van der Waals surface area contributed by atoms with Gasteiger partial charge in [0.15, 0.2) is 0 Å². The van der Waals surface area contributed by atoms with Crippen LogP contribution in [0.3, 0.4) is 0 Å². The Morgan fingerprint density at radius 1 is 1.69 bits per heavy atom. The van der Waals surface area contributed by atoms with E-state index in [1.54, 1.807) is 6.07 Å². The number of hydrogen-bond acceptors (Lipinski definition) is 3. The van der Waals surface area contributed by atoms with Crippen molar-refractivity contribution in [2.45, 2.75) is 13.2 Å². The number of esters is 1. The summed E-state index contributed by atoms with van der Waals surface area (Å²) >= 11 is 0. The van der Waals surface area contributed by atoms with Gasteiger partial charge in [-0.3, -0.25) is 0 Å². The van der Waals surface area contributed by atoms with E-state index in [2.05, 4.69) is 4.74 Å². The molecule has 4 heteroatoms. The molecule has 13 heavy (non-hydrogen) atoms. The Kier molecular flexibility index (Phi) is 2.06. The van der Waals surface area contributed by atoms with E-state index < -0.39 is 0 Å². The fourth-order valence-electron chi connectivity index (χ4n) is 1.50. The van der Waals surface area contributed by atoms with Gasteiger partial charge in [0.25, 0.3) is 0 Å². The molecule has 0 unspecified atom stereocenters. The van der Waals surface area contributed by atoms with Crippen LogP contribution in [-0.2, 0) is 22.6 Å². The number of nitrogens with zero attached hydrogens (tertiary/aromatic N) is 1. The molecular weight excluding hydrogens is 170 g/mol. The summed E-state index contributed by atoms with van der Waals surface area (Å²) in [6.45, 7) is 2.02. The van der Waals surface area contributed by atoms with Gasteiger partial charge in [0.2, 0.25) is 0 Å². The molecule has 2 heterocycles. The summed E-state index contributed by atoms with van der Waals surface area (Å²) < 4.78 is 11.9. The maximum absolute atomic E-state index is 11.3. The summed E-state index contributed by atoms with van der Waals surface area (Å²) in [5, 5.41) is 0. The maximum Gasteiger partial charge on any atom is 0.339 e. The third kappa shape index (κ3) is 1.33. The van der Waals surface area contributed by atoms with Crippen molar-refractivity contribution in [3.05, 3.63) is 23.5 Å². The van der Waals surface area contributed by atoms with Crippen LogP contribution in [0.2, 0.25) is 0 Å². The van der Waals surface area contributed by atoms with E-state index in [0.717, 1.165) is 12.2 Å². The molecule has 70 valence electrons. The van der Waals surface area contributed by atoms with E-state index in [0.29, 0.717) is 18.8 Å². The zero-order chi connectivity index (χ0) is 9.26. The van der Waals surface area contributed by atoms with Gasteiger partial charge in [0.05, 0.1) is 31.6 Å². The van der Waals surface area contributed by atoms with Gasteiger partial charge in [-0.25, -0.2) is 4.79 Å². The van der Waals surface area contributed by atoms with Crippen molar-refractivity contribution < 1.29 is 14.3 Å². The number of fused-ring (bicyclic) bond motifs is 1. The Balaban J connectivity index is 2.36. The number of rotatable bonds is 1. The number of aromatic nitrogens is 1. The highest BCUT2D eigenvalue weighted by atomic mass is 16.5. The molecule has 0 fully saturated rings. The molecule has 1 aliphatic heterocycles.